The van der Waals surface area contributed by atoms with E-state index in [1.807, 2.05) is 0 Å². The van der Waals surface area contributed by atoms with Gasteiger partial charge in [0.15, 0.2) is 0 Å². The van der Waals surface area contributed by atoms with Crippen LogP contribution in [0, 0.1) is 5.41 Å². The topological polar surface area (TPSA) is 71.4 Å². The van der Waals surface area contributed by atoms with Crippen molar-refractivity contribution in [1.29, 1.82) is 5.41 Å². The van der Waals surface area contributed by atoms with Crippen molar-refractivity contribution in [3.05, 3.63) is 25.1 Å². The highest BCUT2D eigenvalue weighted by Gasteiger charge is 2.14. The van der Waals surface area contributed by atoms with Crippen molar-refractivity contribution in [1.82, 2.24) is 5.32 Å². The molecule has 0 saturated carbocycles. The van der Waals surface area contributed by atoms with Gasteiger partial charge in [-0.2, -0.15) is 0 Å². The number of carbonyl (C=O) groups excluding carboxylic acids is 1. The molecule has 0 bridgehead atoms. The Labute approximate surface area is 89.3 Å². The van der Waals surface area contributed by atoms with Gasteiger partial charge in [-0.25, -0.2) is 4.79 Å². The van der Waals surface area contributed by atoms with Crippen LogP contribution in [-0.2, 0) is 9.47 Å². The van der Waals surface area contributed by atoms with Gasteiger partial charge in [0.05, 0.1) is 6.26 Å². The second-order valence-corrected chi connectivity index (χ2v) is 3.63. The smallest absolute Gasteiger partial charge is 0.411 e. The summed E-state index contributed by atoms with van der Waals surface area (Å²) in [6.45, 7) is 8.57. The number of hydrogen-bond acceptors (Lipinski definition) is 4. The number of rotatable bonds is 3. The Morgan fingerprint density at radius 1 is 1.47 bits per heavy atom. The fraction of sp³-hybridized carbons (Fsp3) is 0.400. The van der Waals surface area contributed by atoms with E-state index in [1.54, 1.807) is 20.8 Å². The molecule has 1 amide bonds. The second-order valence-electron chi connectivity index (χ2n) is 3.63. The summed E-state index contributed by atoms with van der Waals surface area (Å²) in [6.07, 6.45) is 3.08. The maximum Gasteiger partial charge on any atom is 0.411 e. The third kappa shape index (κ3) is 8.55. The summed E-state index contributed by atoms with van der Waals surface area (Å²) < 4.78 is 9.54. The molecule has 0 rings (SSSR count). The van der Waals surface area contributed by atoms with Crippen molar-refractivity contribution in [3.63, 3.8) is 0 Å². The quantitative estimate of drug-likeness (QED) is 0.428. The Morgan fingerprint density at radius 2 is 2.07 bits per heavy atom. The summed E-state index contributed by atoms with van der Waals surface area (Å²) in [5.41, 5.74) is -0.539. The molecular weight excluding hydrogens is 196 g/mol. The minimum Gasteiger partial charge on any atom is -0.448 e. The lowest BCUT2D eigenvalue weighted by Gasteiger charge is -2.18. The monoisotopic (exact) mass is 212 g/mol. The van der Waals surface area contributed by atoms with E-state index in [2.05, 4.69) is 16.6 Å². The highest BCUT2D eigenvalue weighted by Crippen LogP contribution is 2.06. The molecule has 0 aromatic heterocycles. The number of alkyl carbamates (subject to hydrolysis) is 1. The Hall–Kier alpha value is -1.78. The van der Waals surface area contributed by atoms with Gasteiger partial charge < -0.3 is 9.47 Å². The first-order chi connectivity index (χ1) is 6.85. The summed E-state index contributed by atoms with van der Waals surface area (Å²) >= 11 is 0. The van der Waals surface area contributed by atoms with Crippen LogP contribution in [0.3, 0.4) is 0 Å². The molecule has 0 aliphatic rings. The van der Waals surface area contributed by atoms with Gasteiger partial charge in [0.1, 0.15) is 5.60 Å². The molecule has 15 heavy (non-hydrogen) atoms. The maximum atomic E-state index is 11.1. The lowest BCUT2D eigenvalue weighted by Crippen LogP contribution is -2.29. The highest BCUT2D eigenvalue weighted by molar-refractivity contribution is 5.85. The Morgan fingerprint density at radius 3 is 2.53 bits per heavy atom. The molecule has 84 valence electrons. The van der Waals surface area contributed by atoms with E-state index in [9.17, 15) is 4.79 Å². The summed E-state index contributed by atoms with van der Waals surface area (Å²) in [6, 6.07) is 0. The lowest BCUT2D eigenvalue weighted by molar-refractivity contribution is 0.0552. The first-order valence-electron chi connectivity index (χ1n) is 4.37. The second kappa shape index (κ2) is 5.85. The Balaban J connectivity index is 3.90. The summed E-state index contributed by atoms with van der Waals surface area (Å²) in [5.74, 6) is -0.124. The fourth-order valence-electron chi connectivity index (χ4n) is 0.622. The normalized spacial score (nSPS) is 10.9. The Kier molecular flexibility index (Phi) is 5.15. The third-order valence-corrected chi connectivity index (χ3v) is 1.05. The molecule has 0 unspecified atom stereocenters. The number of amides is 1. The number of nitrogens with one attached hydrogen (secondary N) is 2. The van der Waals surface area contributed by atoms with E-state index in [-0.39, 0.29) is 5.90 Å². The third-order valence-electron chi connectivity index (χ3n) is 1.05. The zero-order chi connectivity index (χ0) is 11.9. The van der Waals surface area contributed by atoms with E-state index in [0.717, 1.165) is 6.26 Å². The molecule has 0 aliphatic carbocycles. The van der Waals surface area contributed by atoms with Gasteiger partial charge in [0, 0.05) is 12.3 Å². The van der Waals surface area contributed by atoms with E-state index in [1.165, 1.54) is 12.3 Å². The van der Waals surface area contributed by atoms with Gasteiger partial charge >= 0.3 is 6.09 Å². The van der Waals surface area contributed by atoms with Crippen LogP contribution in [0.4, 0.5) is 4.79 Å². The van der Waals surface area contributed by atoms with E-state index < -0.39 is 11.7 Å². The van der Waals surface area contributed by atoms with Crippen LogP contribution < -0.4 is 5.32 Å². The van der Waals surface area contributed by atoms with Crippen LogP contribution in [0.25, 0.3) is 0 Å². The minimum absolute atomic E-state index is 0.124. The van der Waals surface area contributed by atoms with E-state index in [0.29, 0.717) is 0 Å². The van der Waals surface area contributed by atoms with Crippen LogP contribution >= 0.6 is 0 Å². The van der Waals surface area contributed by atoms with Crippen LogP contribution in [0.15, 0.2) is 25.1 Å². The average molecular weight is 212 g/mol. The van der Waals surface area contributed by atoms with Gasteiger partial charge in [-0.15, -0.1) is 0 Å². The van der Waals surface area contributed by atoms with Crippen molar-refractivity contribution < 1.29 is 14.3 Å². The molecule has 0 aliphatic heterocycles. The molecule has 2 N–H and O–H groups in total. The molecule has 0 heterocycles. The Bertz CT molecular complexity index is 277. The predicted molar refractivity (Wildman–Crippen MR) is 57.5 cm³/mol. The summed E-state index contributed by atoms with van der Waals surface area (Å²) in [4.78, 5) is 11.1. The highest BCUT2D eigenvalue weighted by atomic mass is 16.6. The summed E-state index contributed by atoms with van der Waals surface area (Å²) in [5, 5.41) is 9.47. The molecule has 0 atom stereocenters. The standard InChI is InChI=1S/C10H16N2O3/c1-5-14-8(11)6-7-12-9(13)15-10(2,3)4/h5-7,11H,1H2,2-4H3,(H,12,13)/b7-6-,11-8?. The van der Waals surface area contributed by atoms with Crippen LogP contribution in [0.2, 0.25) is 0 Å². The first kappa shape index (κ1) is 13.2. The van der Waals surface area contributed by atoms with Crippen LogP contribution in [-0.4, -0.2) is 17.6 Å². The molecule has 0 spiro atoms. The van der Waals surface area contributed by atoms with Gasteiger partial charge in [0.25, 0.3) is 0 Å². The van der Waals surface area contributed by atoms with Crippen molar-refractivity contribution in [3.8, 4) is 0 Å². The van der Waals surface area contributed by atoms with E-state index >= 15 is 0 Å². The average Bonchev–Trinajstić information content (AvgIpc) is 2.00. The predicted octanol–water partition coefficient (Wildman–Crippen LogP) is 2.16. The summed E-state index contributed by atoms with van der Waals surface area (Å²) in [7, 11) is 0. The van der Waals surface area contributed by atoms with Gasteiger partial charge in [0.2, 0.25) is 5.90 Å². The maximum absolute atomic E-state index is 11.1. The number of carbonyl (C=O) groups is 1. The molecule has 5 heteroatoms. The van der Waals surface area contributed by atoms with Crippen molar-refractivity contribution in [2.45, 2.75) is 26.4 Å². The van der Waals surface area contributed by atoms with Gasteiger partial charge in [-0.1, -0.05) is 6.58 Å². The molecule has 0 saturated heterocycles. The minimum atomic E-state index is -0.579. The molecule has 0 fully saturated rings. The molecule has 0 radical (unpaired) electrons. The van der Waals surface area contributed by atoms with Crippen molar-refractivity contribution in [2.75, 3.05) is 0 Å². The zero-order valence-electron chi connectivity index (χ0n) is 9.16. The van der Waals surface area contributed by atoms with Gasteiger partial charge in [-0.3, -0.25) is 10.7 Å². The molecule has 5 nitrogen and oxygen atoms in total. The molecular formula is C10H16N2O3. The lowest BCUT2D eigenvalue weighted by atomic mass is 10.2. The van der Waals surface area contributed by atoms with Crippen molar-refractivity contribution in [2.24, 2.45) is 0 Å². The number of hydrogen-bond donors (Lipinski definition) is 2. The molecule has 0 aromatic carbocycles. The van der Waals surface area contributed by atoms with Crippen molar-refractivity contribution >= 4 is 12.0 Å². The number of ether oxygens (including phenoxy) is 2. The van der Waals surface area contributed by atoms with Crippen LogP contribution in [0.1, 0.15) is 20.8 Å². The largest absolute Gasteiger partial charge is 0.448 e. The fourth-order valence-corrected chi connectivity index (χ4v) is 0.622. The molecule has 0 aromatic rings. The van der Waals surface area contributed by atoms with E-state index in [4.69, 9.17) is 10.1 Å². The SMILES string of the molecule is C=COC(=N)/C=C\NC(=O)OC(C)(C)C. The first-order valence-corrected chi connectivity index (χ1v) is 4.37. The zero-order valence-corrected chi connectivity index (χ0v) is 9.16. The van der Waals surface area contributed by atoms with Gasteiger partial charge in [-0.05, 0) is 20.8 Å². The van der Waals surface area contributed by atoms with Crippen LogP contribution in [0.5, 0.6) is 0 Å².